The second-order valence-corrected chi connectivity index (χ2v) is 10.1. The van der Waals surface area contributed by atoms with Gasteiger partial charge >= 0.3 is 6.03 Å². The van der Waals surface area contributed by atoms with E-state index in [2.05, 4.69) is 60.6 Å². The summed E-state index contributed by atoms with van der Waals surface area (Å²) in [5.41, 5.74) is 3.60. The van der Waals surface area contributed by atoms with Crippen molar-refractivity contribution in [1.82, 2.24) is 14.7 Å². The molecule has 0 saturated carbocycles. The van der Waals surface area contributed by atoms with Crippen LogP contribution >= 0.6 is 0 Å². The number of nitrogens with zero attached hydrogens (tertiary/aromatic N) is 3. The number of hydrogen-bond acceptors (Lipinski definition) is 4. The van der Waals surface area contributed by atoms with Gasteiger partial charge in [-0.05, 0) is 22.7 Å². The van der Waals surface area contributed by atoms with Gasteiger partial charge in [0, 0.05) is 69.2 Å². The van der Waals surface area contributed by atoms with Crippen LogP contribution in [0.4, 0.5) is 16.3 Å². The van der Waals surface area contributed by atoms with Crippen molar-refractivity contribution in [2.75, 3.05) is 36.9 Å². The monoisotopic (exact) mass is 586 g/mol. The smallest absolute Gasteiger partial charge is 0.324 e. The molecule has 1 aliphatic rings. The van der Waals surface area contributed by atoms with Crippen molar-refractivity contribution < 1.29 is 42.2 Å². The van der Waals surface area contributed by atoms with Crippen molar-refractivity contribution in [2.45, 2.75) is 32.7 Å². The summed E-state index contributed by atoms with van der Waals surface area (Å²) >= 11 is 0. The van der Waals surface area contributed by atoms with Gasteiger partial charge in [-0.2, -0.15) is 23.3 Å². The Morgan fingerprint density at radius 2 is 1.68 bits per heavy atom. The number of morpholine rings is 1. The molecular formula is C30H35N5O2Y-2. The van der Waals surface area contributed by atoms with Crippen LogP contribution in [0.5, 0.6) is 0 Å². The van der Waals surface area contributed by atoms with E-state index in [1.54, 1.807) is 4.68 Å². The number of carbonyl (C=O) groups excluding carboxylic acids is 1. The molecule has 0 unspecified atom stereocenters. The number of urea groups is 1. The van der Waals surface area contributed by atoms with Gasteiger partial charge in [0.1, 0.15) is 5.82 Å². The van der Waals surface area contributed by atoms with Gasteiger partial charge in [-0.15, -0.1) is 12.1 Å². The molecule has 197 valence electrons. The largest absolute Gasteiger partial charge is 0.379 e. The molecule has 7 nitrogen and oxygen atoms in total. The molecule has 1 aliphatic heterocycles. The molecule has 8 heteroatoms. The van der Waals surface area contributed by atoms with Crippen molar-refractivity contribution in [2.24, 2.45) is 0 Å². The van der Waals surface area contributed by atoms with Crippen molar-refractivity contribution in [3.8, 4) is 5.69 Å². The zero-order valence-corrected chi connectivity index (χ0v) is 25.5. The predicted molar refractivity (Wildman–Crippen MR) is 150 cm³/mol. The van der Waals surface area contributed by atoms with E-state index in [1.807, 2.05) is 48.5 Å². The van der Waals surface area contributed by atoms with Crippen LogP contribution in [0.3, 0.4) is 0 Å². The molecule has 0 aliphatic carbocycles. The van der Waals surface area contributed by atoms with Crippen LogP contribution in [0.2, 0.25) is 0 Å². The molecule has 1 aromatic heterocycles. The topological polar surface area (TPSA) is 71.4 Å². The molecule has 4 aromatic rings. The fraction of sp³-hybridized carbons (Fsp3) is 0.300. The number of aromatic nitrogens is 2. The maximum absolute atomic E-state index is 13.2. The first-order valence-electron chi connectivity index (χ1n) is 12.3. The quantitative estimate of drug-likeness (QED) is 0.280. The van der Waals surface area contributed by atoms with E-state index in [1.165, 1.54) is 5.56 Å². The Morgan fingerprint density at radius 3 is 2.37 bits per heavy atom. The average Bonchev–Trinajstić information content (AvgIpc) is 3.31. The molecule has 38 heavy (non-hydrogen) atoms. The third-order valence-electron chi connectivity index (χ3n) is 6.42. The Bertz CT molecular complexity index is 1360. The zero-order valence-electron chi connectivity index (χ0n) is 22.6. The van der Waals surface area contributed by atoms with Crippen LogP contribution in [0.15, 0.2) is 66.7 Å². The number of rotatable bonds is 5. The van der Waals surface area contributed by atoms with Crippen molar-refractivity contribution in [1.29, 1.82) is 0 Å². The van der Waals surface area contributed by atoms with E-state index in [4.69, 9.17) is 9.84 Å². The number of amides is 2. The van der Waals surface area contributed by atoms with Gasteiger partial charge in [-0.1, -0.05) is 51.1 Å². The van der Waals surface area contributed by atoms with Crippen LogP contribution in [0.1, 0.15) is 32.0 Å². The number of nitrogens with one attached hydrogen (secondary N) is 2. The van der Waals surface area contributed by atoms with Crippen LogP contribution < -0.4 is 10.6 Å². The second kappa shape index (κ2) is 13.0. The molecule has 2 heterocycles. The van der Waals surface area contributed by atoms with Gasteiger partial charge in [0.2, 0.25) is 0 Å². The van der Waals surface area contributed by atoms with E-state index >= 15 is 0 Å². The molecule has 2 amide bonds. The minimum absolute atomic E-state index is 0. The Hall–Kier alpha value is -2.58. The van der Waals surface area contributed by atoms with Crippen LogP contribution in [-0.2, 0) is 49.4 Å². The Morgan fingerprint density at radius 1 is 1.00 bits per heavy atom. The first-order chi connectivity index (χ1) is 17.4. The number of fused-ring (bicyclic) bond motifs is 1. The van der Waals surface area contributed by atoms with E-state index in [9.17, 15) is 4.79 Å². The molecule has 1 saturated heterocycles. The Kier molecular flexibility index (Phi) is 10.2. The van der Waals surface area contributed by atoms with Crippen LogP contribution in [-0.4, -0.2) is 47.0 Å². The fourth-order valence-electron chi connectivity index (χ4n) is 4.43. The summed E-state index contributed by atoms with van der Waals surface area (Å²) in [5.74, 6) is 0.608. The average molecular weight is 587 g/mol. The molecule has 3 aromatic carbocycles. The summed E-state index contributed by atoms with van der Waals surface area (Å²) in [6.07, 6.45) is 0. The molecule has 5 rings (SSSR count). The Balaban J connectivity index is 0.00000200. The first-order valence-corrected chi connectivity index (χ1v) is 12.3. The summed E-state index contributed by atoms with van der Waals surface area (Å²) in [6.45, 7) is 10.6. The Labute approximate surface area is 250 Å². The van der Waals surface area contributed by atoms with Gasteiger partial charge in [-0.3, -0.25) is 10.2 Å². The van der Waals surface area contributed by atoms with E-state index in [-0.39, 0.29) is 51.6 Å². The van der Waals surface area contributed by atoms with Gasteiger partial charge in [-0.25, -0.2) is 9.48 Å². The fourth-order valence-corrected chi connectivity index (χ4v) is 4.43. The van der Waals surface area contributed by atoms with Gasteiger partial charge in [0.25, 0.3) is 0 Å². The number of hydrogen-bond donors (Lipinski definition) is 2. The summed E-state index contributed by atoms with van der Waals surface area (Å²) < 4.78 is 7.25. The van der Waals surface area contributed by atoms with E-state index in [0.29, 0.717) is 5.82 Å². The van der Waals surface area contributed by atoms with Gasteiger partial charge in [0.15, 0.2) is 0 Å². The number of ether oxygens (including phenoxy) is 1. The molecule has 2 N–H and O–H groups in total. The minimum atomic E-state index is -0.315. The molecule has 1 fully saturated rings. The van der Waals surface area contributed by atoms with E-state index < -0.39 is 0 Å². The summed E-state index contributed by atoms with van der Waals surface area (Å²) in [4.78, 5) is 15.6. The second-order valence-electron chi connectivity index (χ2n) is 10.1. The maximum Gasteiger partial charge on any atom is 0.324 e. The summed E-state index contributed by atoms with van der Waals surface area (Å²) in [7, 11) is 0. The first kappa shape index (κ1) is 30.0. The third-order valence-corrected chi connectivity index (χ3v) is 6.42. The van der Waals surface area contributed by atoms with Crippen LogP contribution in [0, 0.1) is 13.5 Å². The molecule has 0 atom stereocenters. The summed E-state index contributed by atoms with van der Waals surface area (Å²) in [5, 5.41) is 13.0. The SMILES string of the molecule is CC(C)(C)c1cc(NC(=O)Nc2ccc(CN3CCOCC3)c3ccccc23)n(-c2cc[c-]cc2)n1.[CH3-].[Y]. The summed E-state index contributed by atoms with van der Waals surface area (Å²) in [6, 6.07) is 24.5. The molecule has 0 spiro atoms. The molecule has 1 radical (unpaired) electrons. The van der Waals surface area contributed by atoms with Crippen LogP contribution in [0.25, 0.3) is 16.5 Å². The van der Waals surface area contributed by atoms with Gasteiger partial charge in [0.05, 0.1) is 24.6 Å². The standard InChI is InChI=1S/C29H32N5O2.CH3.Y/c1-29(2,3)26-19-27(34(32-26)22-9-5-4-6-10-22)31-28(35)30-25-14-13-21(20-33-15-17-36-18-16-33)23-11-7-8-12-24(23)25;;/h5-14,19H,15-18,20H2,1-3H3,(H2,30,31,35);1H3;/q2*-1;. The normalized spacial score (nSPS) is 13.9. The number of anilines is 2. The zero-order chi connectivity index (χ0) is 25.1. The number of benzene rings is 3. The third kappa shape index (κ3) is 6.89. The van der Waals surface area contributed by atoms with Crippen molar-refractivity contribution in [3.05, 3.63) is 91.5 Å². The number of carbonyl (C=O) groups is 1. The minimum Gasteiger partial charge on any atom is -0.379 e. The maximum atomic E-state index is 13.2. The molecule has 0 bridgehead atoms. The van der Waals surface area contributed by atoms with E-state index in [0.717, 1.165) is 60.7 Å². The molecular weight excluding hydrogens is 551 g/mol. The van der Waals surface area contributed by atoms with Crippen molar-refractivity contribution in [3.63, 3.8) is 0 Å². The van der Waals surface area contributed by atoms with Crippen molar-refractivity contribution >= 4 is 28.3 Å². The van der Waals surface area contributed by atoms with Gasteiger partial charge < -0.3 is 17.5 Å². The predicted octanol–water partition coefficient (Wildman–Crippen LogP) is 6.05.